The number of aromatic nitrogens is 2. The van der Waals surface area contributed by atoms with Crippen LogP contribution in [0.15, 0.2) is 12.4 Å². The topological polar surface area (TPSA) is 103 Å². The van der Waals surface area contributed by atoms with Crippen LogP contribution in [0.5, 0.6) is 0 Å². The third-order valence-corrected chi connectivity index (χ3v) is 10.2. The molecule has 4 fully saturated rings. The highest BCUT2D eigenvalue weighted by Gasteiger charge is 2.62. The first-order chi connectivity index (χ1) is 16.1. The van der Waals surface area contributed by atoms with Gasteiger partial charge in [0, 0.05) is 23.0 Å². The molecular weight excluding hydrogens is 432 g/mol. The van der Waals surface area contributed by atoms with Crippen LogP contribution in [-0.4, -0.2) is 37.7 Å². The molecule has 0 aromatic carbocycles. The van der Waals surface area contributed by atoms with E-state index in [2.05, 4.69) is 16.9 Å². The number of hydrogen-bond acceptors (Lipinski definition) is 5. The molecule has 0 spiro atoms. The van der Waals surface area contributed by atoms with Crippen LogP contribution in [0, 0.1) is 63.5 Å². The van der Waals surface area contributed by atoms with Gasteiger partial charge in [0.05, 0.1) is 24.9 Å². The molecule has 9 atom stereocenters. The Morgan fingerprint density at radius 1 is 1.26 bits per heavy atom. The number of hydrogen-bond donors (Lipinski definition) is 1. The Hall–Kier alpha value is -2.27. The third-order valence-electron chi connectivity index (χ3n) is 10.2. The minimum absolute atomic E-state index is 0.0558. The average molecular weight is 469 g/mol. The van der Waals surface area contributed by atoms with Crippen molar-refractivity contribution in [2.24, 2.45) is 46.8 Å². The SMILES string of the molecule is [C-]#[N+]c1cnn(CC(=O)[C@H]2CC(C[N+](=O)[O-])[C@H]3[C@@H]4CC[C@@H]5C[C@](C)(O)CC[C@@H]5[C@H]4CC[C@]23C)c1. The Bertz CT molecular complexity index is 1010. The number of fused-ring (bicyclic) bond motifs is 5. The van der Waals surface area contributed by atoms with E-state index < -0.39 is 5.60 Å². The zero-order chi connectivity index (χ0) is 24.3. The lowest BCUT2D eigenvalue weighted by Gasteiger charge is -2.57. The van der Waals surface area contributed by atoms with E-state index in [1.165, 1.54) is 6.20 Å². The predicted octanol–water partition coefficient (Wildman–Crippen LogP) is 4.53. The molecule has 1 N–H and O–H groups in total. The van der Waals surface area contributed by atoms with Crippen molar-refractivity contribution in [2.45, 2.75) is 77.4 Å². The molecule has 5 rings (SSSR count). The highest BCUT2D eigenvalue weighted by molar-refractivity contribution is 5.82. The van der Waals surface area contributed by atoms with E-state index in [-0.39, 0.29) is 47.0 Å². The summed E-state index contributed by atoms with van der Waals surface area (Å²) in [5.41, 5.74) is -0.365. The Kier molecular flexibility index (Phi) is 5.83. The van der Waals surface area contributed by atoms with E-state index in [0.29, 0.717) is 35.8 Å². The van der Waals surface area contributed by atoms with Gasteiger partial charge < -0.3 is 5.11 Å². The number of Topliss-reactive ketones (excluding diaryl/α,β-unsaturated/α-hetero) is 1. The molecule has 8 nitrogen and oxygen atoms in total. The van der Waals surface area contributed by atoms with Crippen LogP contribution < -0.4 is 0 Å². The second-order valence-corrected chi connectivity index (χ2v) is 12.2. The second kappa shape index (κ2) is 8.44. The van der Waals surface area contributed by atoms with Crippen LogP contribution in [0.25, 0.3) is 4.85 Å². The zero-order valence-electron chi connectivity index (χ0n) is 20.2. The van der Waals surface area contributed by atoms with Crippen LogP contribution in [0.4, 0.5) is 5.69 Å². The Morgan fingerprint density at radius 3 is 2.74 bits per heavy atom. The first-order valence-electron chi connectivity index (χ1n) is 12.9. The van der Waals surface area contributed by atoms with Gasteiger partial charge in [0.1, 0.15) is 0 Å². The van der Waals surface area contributed by atoms with Gasteiger partial charge in [-0.1, -0.05) is 6.92 Å². The average Bonchev–Trinajstić information content (AvgIpc) is 3.34. The number of ketones is 1. The molecule has 1 heterocycles. The standard InChI is InChI=1S/C26H36N4O4/c1-25(32)8-6-19-16(11-25)4-5-21-20(19)7-9-26(2)22(10-17(24(21)26)13-30(33)34)23(31)15-29-14-18(27-3)12-28-29/h12,14,16-17,19-22,24,32H,4-11,13,15H2,1-2H3/t16-,17?,19+,20-,21-,22-,24+,25-,26-/m1/s1. The van der Waals surface area contributed by atoms with Crippen molar-refractivity contribution in [3.63, 3.8) is 0 Å². The van der Waals surface area contributed by atoms with Crippen molar-refractivity contribution in [1.29, 1.82) is 0 Å². The van der Waals surface area contributed by atoms with E-state index in [1.54, 1.807) is 10.9 Å². The third kappa shape index (κ3) is 3.96. The van der Waals surface area contributed by atoms with E-state index in [4.69, 9.17) is 6.57 Å². The lowest BCUT2D eigenvalue weighted by Crippen LogP contribution is -2.52. The van der Waals surface area contributed by atoms with Crippen LogP contribution in [0.1, 0.15) is 65.2 Å². The maximum absolute atomic E-state index is 13.5. The van der Waals surface area contributed by atoms with Crippen molar-refractivity contribution >= 4 is 11.5 Å². The Labute approximate surface area is 201 Å². The van der Waals surface area contributed by atoms with Crippen molar-refractivity contribution in [3.8, 4) is 0 Å². The molecule has 4 aliphatic rings. The smallest absolute Gasteiger partial charge is 0.224 e. The maximum atomic E-state index is 13.5. The largest absolute Gasteiger partial charge is 0.390 e. The summed E-state index contributed by atoms with van der Waals surface area (Å²) in [5, 5.41) is 26.5. The zero-order valence-corrected chi connectivity index (χ0v) is 20.2. The van der Waals surface area contributed by atoms with Gasteiger partial charge in [0.15, 0.2) is 5.78 Å². The molecule has 8 heteroatoms. The lowest BCUT2D eigenvalue weighted by atomic mass is 9.48. The predicted molar refractivity (Wildman–Crippen MR) is 125 cm³/mol. The Balaban J connectivity index is 1.40. The monoisotopic (exact) mass is 468 g/mol. The van der Waals surface area contributed by atoms with Gasteiger partial charge >= 0.3 is 0 Å². The molecule has 1 aromatic rings. The van der Waals surface area contributed by atoms with Crippen LogP contribution in [0.3, 0.4) is 0 Å². The first-order valence-corrected chi connectivity index (χ1v) is 12.9. The van der Waals surface area contributed by atoms with Crippen molar-refractivity contribution in [1.82, 2.24) is 9.78 Å². The molecular formula is C26H36N4O4. The summed E-state index contributed by atoms with van der Waals surface area (Å²) >= 11 is 0. The summed E-state index contributed by atoms with van der Waals surface area (Å²) in [6, 6.07) is 0. The van der Waals surface area contributed by atoms with Gasteiger partial charge in [-0.3, -0.25) is 19.6 Å². The van der Waals surface area contributed by atoms with E-state index >= 15 is 0 Å². The summed E-state index contributed by atoms with van der Waals surface area (Å²) in [7, 11) is 0. The van der Waals surface area contributed by atoms with Gasteiger partial charge in [-0.2, -0.15) is 5.10 Å². The number of rotatable bonds is 5. The fourth-order valence-electron chi connectivity index (χ4n) is 9.02. The van der Waals surface area contributed by atoms with Gasteiger partial charge in [-0.05, 0) is 93.3 Å². The van der Waals surface area contributed by atoms with Gasteiger partial charge in [0.25, 0.3) is 0 Å². The van der Waals surface area contributed by atoms with Crippen LogP contribution >= 0.6 is 0 Å². The molecule has 0 saturated heterocycles. The quantitative estimate of drug-likeness (QED) is 0.389. The minimum Gasteiger partial charge on any atom is -0.390 e. The van der Waals surface area contributed by atoms with Gasteiger partial charge in [0.2, 0.25) is 12.2 Å². The first kappa shape index (κ1) is 23.5. The van der Waals surface area contributed by atoms with Gasteiger partial charge in [-0.15, -0.1) is 0 Å². The number of aliphatic hydroxyl groups is 1. The van der Waals surface area contributed by atoms with Crippen LogP contribution in [0.2, 0.25) is 0 Å². The molecule has 0 aliphatic heterocycles. The lowest BCUT2D eigenvalue weighted by molar-refractivity contribution is -0.490. The van der Waals surface area contributed by atoms with Crippen LogP contribution in [-0.2, 0) is 11.3 Å². The summed E-state index contributed by atoms with van der Waals surface area (Å²) < 4.78 is 1.54. The van der Waals surface area contributed by atoms with E-state index in [0.717, 1.165) is 44.9 Å². The van der Waals surface area contributed by atoms with Gasteiger partial charge in [-0.25, -0.2) is 4.85 Å². The Morgan fingerprint density at radius 2 is 2.03 bits per heavy atom. The highest BCUT2D eigenvalue weighted by Crippen LogP contribution is 2.66. The molecule has 1 unspecified atom stereocenters. The number of nitrogens with zero attached hydrogens (tertiary/aromatic N) is 4. The molecule has 1 aromatic heterocycles. The summed E-state index contributed by atoms with van der Waals surface area (Å²) in [6.07, 6.45) is 10.6. The van der Waals surface area contributed by atoms with Crippen molar-refractivity contribution in [2.75, 3.05) is 6.54 Å². The fraction of sp³-hybridized carbons (Fsp3) is 0.808. The molecule has 0 amide bonds. The molecule has 4 saturated carbocycles. The highest BCUT2D eigenvalue weighted by atomic mass is 16.6. The second-order valence-electron chi connectivity index (χ2n) is 12.2. The number of carbonyl (C=O) groups excluding carboxylic acids is 1. The normalized spacial score (nSPS) is 43.3. The molecule has 0 radical (unpaired) electrons. The maximum Gasteiger partial charge on any atom is 0.224 e. The molecule has 34 heavy (non-hydrogen) atoms. The molecule has 0 bridgehead atoms. The minimum atomic E-state index is -0.560. The number of nitro groups is 1. The fourth-order valence-corrected chi connectivity index (χ4v) is 9.02. The summed E-state index contributed by atoms with van der Waals surface area (Å²) in [4.78, 5) is 28.4. The van der Waals surface area contributed by atoms with Crippen molar-refractivity contribution in [3.05, 3.63) is 33.9 Å². The number of carbonyl (C=O) groups is 1. The molecule has 4 aliphatic carbocycles. The van der Waals surface area contributed by atoms with Crippen molar-refractivity contribution < 1.29 is 14.8 Å². The van der Waals surface area contributed by atoms with E-state index in [1.807, 2.05) is 6.92 Å². The summed E-state index contributed by atoms with van der Waals surface area (Å²) in [5.74, 6) is 2.18. The van der Waals surface area contributed by atoms with E-state index in [9.17, 15) is 20.0 Å². The molecule has 184 valence electrons. The summed E-state index contributed by atoms with van der Waals surface area (Å²) in [6.45, 7) is 11.4.